The van der Waals surface area contributed by atoms with Gasteiger partial charge in [-0.05, 0) is 57.2 Å². The number of hydrogen-bond acceptors (Lipinski definition) is 7. The molecule has 31 heavy (non-hydrogen) atoms. The molecular formula is C23H33N3O5. The Morgan fingerprint density at radius 2 is 1.71 bits per heavy atom. The fourth-order valence-electron chi connectivity index (χ4n) is 4.94. The largest absolute Gasteiger partial charge is 0.513 e. The lowest BCUT2D eigenvalue weighted by Gasteiger charge is -2.46. The van der Waals surface area contributed by atoms with Gasteiger partial charge in [-0.25, -0.2) is 9.80 Å². The zero-order valence-corrected chi connectivity index (χ0v) is 19.6. The third-order valence-corrected chi connectivity index (χ3v) is 6.04. The van der Waals surface area contributed by atoms with Crippen LogP contribution < -0.4 is 0 Å². The van der Waals surface area contributed by atoms with Crippen LogP contribution in [0.2, 0.25) is 0 Å². The summed E-state index contributed by atoms with van der Waals surface area (Å²) >= 11 is 0. The van der Waals surface area contributed by atoms with Crippen LogP contribution in [0.4, 0.5) is 4.79 Å². The molecule has 0 aliphatic carbocycles. The molecule has 170 valence electrons. The molecule has 0 saturated carbocycles. The molecule has 2 heterocycles. The number of aryl methyl sites for hydroxylation is 3. The summed E-state index contributed by atoms with van der Waals surface area (Å²) in [7, 11) is 5.31. The number of amides is 1. The Morgan fingerprint density at radius 1 is 1.13 bits per heavy atom. The van der Waals surface area contributed by atoms with Crippen molar-refractivity contribution in [2.24, 2.45) is 0 Å². The van der Waals surface area contributed by atoms with Crippen molar-refractivity contribution in [1.82, 2.24) is 15.1 Å². The summed E-state index contributed by atoms with van der Waals surface area (Å²) in [5.41, 5.74) is 3.51. The van der Waals surface area contributed by atoms with Gasteiger partial charge in [-0.15, -0.1) is 0 Å². The number of carbonyl (C=O) groups is 2. The van der Waals surface area contributed by atoms with Crippen molar-refractivity contribution in [3.63, 3.8) is 0 Å². The van der Waals surface area contributed by atoms with Gasteiger partial charge >= 0.3 is 6.16 Å². The molecule has 3 rings (SSSR count). The van der Waals surface area contributed by atoms with E-state index < -0.39 is 11.7 Å². The molecule has 0 N–H and O–H groups in total. The second-order valence-electron chi connectivity index (χ2n) is 8.37. The molecule has 1 fully saturated rings. The molecule has 1 aromatic carbocycles. The predicted molar refractivity (Wildman–Crippen MR) is 117 cm³/mol. The van der Waals surface area contributed by atoms with Gasteiger partial charge in [-0.3, -0.25) is 9.80 Å². The molecule has 0 unspecified atom stereocenters. The molecule has 0 atom stereocenters. The van der Waals surface area contributed by atoms with Crippen molar-refractivity contribution < 1.29 is 23.9 Å². The summed E-state index contributed by atoms with van der Waals surface area (Å²) in [5.74, 6) is 0.195. The second-order valence-corrected chi connectivity index (χ2v) is 8.37. The van der Waals surface area contributed by atoms with E-state index in [0.717, 1.165) is 22.3 Å². The number of carbonyl (C=O) groups excluding carboxylic acids is 2. The molecule has 1 spiro atoms. The Morgan fingerprint density at radius 3 is 2.19 bits per heavy atom. The Bertz CT molecular complexity index is 877. The molecule has 1 aromatic rings. The summed E-state index contributed by atoms with van der Waals surface area (Å²) in [6, 6.07) is 4.09. The number of ether oxygens (including phenoxy) is 2. The van der Waals surface area contributed by atoms with Gasteiger partial charge in [0.05, 0.1) is 19.3 Å². The highest BCUT2D eigenvalue weighted by atomic mass is 16.7. The third kappa shape index (κ3) is 4.07. The van der Waals surface area contributed by atoms with Crippen LogP contribution in [0.1, 0.15) is 42.0 Å². The lowest BCUT2D eigenvalue weighted by atomic mass is 9.84. The van der Waals surface area contributed by atoms with Crippen LogP contribution in [0.3, 0.4) is 0 Å². The van der Waals surface area contributed by atoms with Crippen LogP contribution in [0.25, 0.3) is 5.57 Å². The lowest BCUT2D eigenvalue weighted by Crippen LogP contribution is -2.59. The molecule has 8 heteroatoms. The van der Waals surface area contributed by atoms with E-state index >= 15 is 0 Å². The minimum absolute atomic E-state index is 0.176. The summed E-state index contributed by atoms with van der Waals surface area (Å²) in [4.78, 5) is 31.7. The molecule has 0 radical (unpaired) electrons. The second kappa shape index (κ2) is 8.98. The van der Waals surface area contributed by atoms with Gasteiger partial charge < -0.3 is 14.3 Å². The van der Waals surface area contributed by atoms with Gasteiger partial charge in [0.15, 0.2) is 5.76 Å². The quantitative estimate of drug-likeness (QED) is 0.663. The SMILES string of the molecule is CCOC(=O)OC1=C(c2c(C)cc(C)cc2C)C(=O)N(N(C)C)C12CCN(OC)CC2. The summed E-state index contributed by atoms with van der Waals surface area (Å²) < 4.78 is 10.9. The summed E-state index contributed by atoms with van der Waals surface area (Å²) in [6.45, 7) is 9.11. The van der Waals surface area contributed by atoms with Gasteiger partial charge in [-0.2, -0.15) is 5.06 Å². The zero-order valence-electron chi connectivity index (χ0n) is 19.6. The zero-order chi connectivity index (χ0) is 22.9. The van der Waals surface area contributed by atoms with Crippen LogP contribution in [-0.4, -0.2) is 73.6 Å². The number of hydrazine groups is 1. The first kappa shape index (κ1) is 23.2. The number of benzene rings is 1. The third-order valence-electron chi connectivity index (χ3n) is 6.04. The maximum Gasteiger partial charge on any atom is 0.513 e. The Balaban J connectivity index is 2.24. The van der Waals surface area contributed by atoms with E-state index in [4.69, 9.17) is 14.3 Å². The predicted octanol–water partition coefficient (Wildman–Crippen LogP) is 3.21. The average Bonchev–Trinajstić information content (AvgIpc) is 2.90. The number of piperidine rings is 1. The van der Waals surface area contributed by atoms with Crippen LogP contribution in [0.15, 0.2) is 17.9 Å². The molecule has 1 saturated heterocycles. The van der Waals surface area contributed by atoms with Gasteiger partial charge in [0.2, 0.25) is 0 Å². The molecule has 0 aromatic heterocycles. The summed E-state index contributed by atoms with van der Waals surface area (Å²) in [6.07, 6.45) is 0.333. The van der Waals surface area contributed by atoms with E-state index in [-0.39, 0.29) is 12.5 Å². The summed E-state index contributed by atoms with van der Waals surface area (Å²) in [5, 5.41) is 5.36. The maximum atomic E-state index is 13.9. The van der Waals surface area contributed by atoms with Gasteiger partial charge in [0.1, 0.15) is 5.54 Å². The van der Waals surface area contributed by atoms with E-state index in [1.165, 1.54) is 0 Å². The lowest BCUT2D eigenvalue weighted by molar-refractivity contribution is -0.182. The molecule has 2 aliphatic heterocycles. The van der Waals surface area contributed by atoms with Gasteiger partial charge in [0, 0.05) is 27.2 Å². The highest BCUT2D eigenvalue weighted by molar-refractivity contribution is 6.24. The number of hydroxylamine groups is 2. The topological polar surface area (TPSA) is 71.6 Å². The van der Waals surface area contributed by atoms with Gasteiger partial charge in [0.25, 0.3) is 5.91 Å². The monoisotopic (exact) mass is 431 g/mol. The van der Waals surface area contributed by atoms with E-state index in [0.29, 0.717) is 37.3 Å². The van der Waals surface area contributed by atoms with Crippen LogP contribution in [-0.2, 0) is 19.1 Å². The van der Waals surface area contributed by atoms with Crippen LogP contribution in [0, 0.1) is 20.8 Å². The Kier molecular flexibility index (Phi) is 6.73. The van der Waals surface area contributed by atoms with Crippen molar-refractivity contribution in [3.05, 3.63) is 40.1 Å². The van der Waals surface area contributed by atoms with Crippen molar-refractivity contribution in [2.75, 3.05) is 40.9 Å². The normalized spacial score (nSPS) is 19.0. The molecule has 0 bridgehead atoms. The first-order chi connectivity index (χ1) is 14.7. The van der Waals surface area contributed by atoms with Crippen molar-refractivity contribution >= 4 is 17.6 Å². The number of rotatable bonds is 5. The van der Waals surface area contributed by atoms with Crippen molar-refractivity contribution in [2.45, 2.75) is 46.1 Å². The number of hydrogen-bond donors (Lipinski definition) is 0. The molecule has 2 aliphatic rings. The first-order valence-corrected chi connectivity index (χ1v) is 10.6. The standard InChI is InChI=1S/C23H33N3O5/c1-8-30-22(28)31-20-19(18-16(3)13-15(2)14-17(18)4)21(27)26(24(5)6)23(20)9-11-25(29-7)12-10-23/h13-14H,8-12H2,1-7H3. The van der Waals surface area contributed by atoms with Crippen molar-refractivity contribution in [3.8, 4) is 0 Å². The average molecular weight is 432 g/mol. The maximum absolute atomic E-state index is 13.9. The fourth-order valence-corrected chi connectivity index (χ4v) is 4.94. The van der Waals surface area contributed by atoms with Gasteiger partial charge in [-0.1, -0.05) is 17.7 Å². The number of nitrogens with zero attached hydrogens (tertiary/aromatic N) is 3. The van der Waals surface area contributed by atoms with Crippen LogP contribution in [0.5, 0.6) is 0 Å². The minimum Gasteiger partial charge on any atom is -0.434 e. The van der Waals surface area contributed by atoms with E-state index in [2.05, 4.69) is 0 Å². The minimum atomic E-state index is -0.792. The highest BCUT2D eigenvalue weighted by Crippen LogP contribution is 2.48. The van der Waals surface area contributed by atoms with E-state index in [1.54, 1.807) is 24.1 Å². The fraction of sp³-hybridized carbons (Fsp3) is 0.565. The molecule has 1 amide bonds. The van der Waals surface area contributed by atoms with Crippen LogP contribution >= 0.6 is 0 Å². The highest BCUT2D eigenvalue weighted by Gasteiger charge is 2.57. The van der Waals surface area contributed by atoms with E-state index in [9.17, 15) is 9.59 Å². The molecule has 8 nitrogen and oxygen atoms in total. The van der Waals surface area contributed by atoms with E-state index in [1.807, 2.05) is 52.1 Å². The Hall–Kier alpha value is -2.42. The molecular weight excluding hydrogens is 398 g/mol. The Labute approximate surface area is 184 Å². The van der Waals surface area contributed by atoms with Crippen molar-refractivity contribution in [1.29, 1.82) is 0 Å². The first-order valence-electron chi connectivity index (χ1n) is 10.6. The smallest absolute Gasteiger partial charge is 0.434 e.